The van der Waals surface area contributed by atoms with Gasteiger partial charge in [0.2, 0.25) is 0 Å². The number of nitrogens with zero attached hydrogens (tertiary/aromatic N) is 1. The Hall–Kier alpha value is -0.880. The molecule has 0 spiro atoms. The van der Waals surface area contributed by atoms with Gasteiger partial charge in [0.15, 0.2) is 9.84 Å². The molecule has 0 N–H and O–H groups in total. The van der Waals surface area contributed by atoms with Gasteiger partial charge in [-0.3, -0.25) is 4.90 Å². The Bertz CT molecular complexity index is 388. The summed E-state index contributed by atoms with van der Waals surface area (Å²) < 4.78 is 27.6. The van der Waals surface area contributed by atoms with Crippen LogP contribution in [0.3, 0.4) is 0 Å². The van der Waals surface area contributed by atoms with Crippen molar-refractivity contribution < 1.29 is 17.9 Å². The quantitative estimate of drug-likeness (QED) is 0.535. The molecule has 0 aliphatic carbocycles. The van der Waals surface area contributed by atoms with Crippen molar-refractivity contribution in [3.05, 3.63) is 12.2 Å². The van der Waals surface area contributed by atoms with Crippen LogP contribution in [0.2, 0.25) is 0 Å². The van der Waals surface area contributed by atoms with Crippen molar-refractivity contribution in [2.75, 3.05) is 37.7 Å². The number of carbonyl (C=O) groups is 1. The number of carbonyl (C=O) groups excluding carboxylic acids is 1. The number of sulfone groups is 1. The highest BCUT2D eigenvalue weighted by Crippen LogP contribution is 2.07. The molecule has 17 heavy (non-hydrogen) atoms. The SMILES string of the molecule is C=C(CN1CCCS(=O)(=O)CC1)C(=O)OCC. The van der Waals surface area contributed by atoms with Gasteiger partial charge < -0.3 is 4.74 Å². The van der Waals surface area contributed by atoms with Gasteiger partial charge in [0.25, 0.3) is 0 Å². The molecular weight excluding hydrogens is 242 g/mol. The van der Waals surface area contributed by atoms with Crippen LogP contribution in [0.1, 0.15) is 13.3 Å². The van der Waals surface area contributed by atoms with Gasteiger partial charge in [-0.05, 0) is 19.9 Å². The van der Waals surface area contributed by atoms with Gasteiger partial charge in [-0.2, -0.15) is 0 Å². The lowest BCUT2D eigenvalue weighted by Crippen LogP contribution is -2.31. The molecule has 6 heteroatoms. The molecule has 0 atom stereocenters. The molecule has 1 aliphatic rings. The van der Waals surface area contributed by atoms with E-state index in [0.717, 1.165) is 0 Å². The number of esters is 1. The standard InChI is InChI=1S/C11H19NO4S/c1-3-16-11(13)10(2)9-12-5-4-7-17(14,15)8-6-12/h2-9H2,1H3. The summed E-state index contributed by atoms with van der Waals surface area (Å²) in [6.07, 6.45) is 0.610. The Morgan fingerprint density at radius 2 is 2.06 bits per heavy atom. The van der Waals surface area contributed by atoms with Crippen molar-refractivity contribution in [2.45, 2.75) is 13.3 Å². The van der Waals surface area contributed by atoms with E-state index >= 15 is 0 Å². The first-order valence-corrected chi connectivity index (χ1v) is 7.54. The lowest BCUT2D eigenvalue weighted by Gasteiger charge is -2.19. The number of hydrogen-bond donors (Lipinski definition) is 0. The van der Waals surface area contributed by atoms with Gasteiger partial charge in [-0.15, -0.1) is 0 Å². The normalized spacial score (nSPS) is 20.5. The van der Waals surface area contributed by atoms with Gasteiger partial charge in [0.1, 0.15) is 0 Å². The fraction of sp³-hybridized carbons (Fsp3) is 0.727. The molecule has 0 aromatic rings. The Balaban J connectivity index is 2.47. The second-order valence-electron chi connectivity index (χ2n) is 4.11. The van der Waals surface area contributed by atoms with Crippen molar-refractivity contribution in [1.29, 1.82) is 0 Å². The topological polar surface area (TPSA) is 63.7 Å². The molecule has 0 unspecified atom stereocenters. The molecule has 1 aliphatic heterocycles. The summed E-state index contributed by atoms with van der Waals surface area (Å²) in [5.74, 6) is -0.0158. The fourth-order valence-electron chi connectivity index (χ4n) is 1.72. The Labute approximate surface area is 102 Å². The minimum Gasteiger partial charge on any atom is -0.463 e. The van der Waals surface area contributed by atoms with Crippen molar-refractivity contribution in [1.82, 2.24) is 4.90 Å². The van der Waals surface area contributed by atoms with Crippen LogP contribution in [-0.2, 0) is 19.4 Å². The summed E-state index contributed by atoms with van der Waals surface area (Å²) in [7, 11) is -2.91. The van der Waals surface area contributed by atoms with E-state index in [4.69, 9.17) is 4.74 Å². The van der Waals surface area contributed by atoms with Crippen LogP contribution in [0, 0.1) is 0 Å². The van der Waals surface area contributed by atoms with E-state index in [1.807, 2.05) is 4.90 Å². The third-order valence-electron chi connectivity index (χ3n) is 2.63. The van der Waals surface area contributed by atoms with E-state index in [1.54, 1.807) is 6.92 Å². The lowest BCUT2D eigenvalue weighted by atomic mass is 10.2. The van der Waals surface area contributed by atoms with E-state index in [2.05, 4.69) is 6.58 Å². The van der Waals surface area contributed by atoms with Crippen molar-refractivity contribution in [3.8, 4) is 0 Å². The minimum absolute atomic E-state index is 0.156. The third kappa shape index (κ3) is 4.87. The monoisotopic (exact) mass is 261 g/mol. The molecule has 0 bridgehead atoms. The van der Waals surface area contributed by atoms with Gasteiger partial charge in [0.05, 0.1) is 18.1 Å². The van der Waals surface area contributed by atoms with Crippen LogP contribution < -0.4 is 0 Å². The summed E-state index contributed by atoms with van der Waals surface area (Å²) in [5, 5.41) is 0. The third-order valence-corrected chi connectivity index (χ3v) is 4.34. The molecule has 1 heterocycles. The summed E-state index contributed by atoms with van der Waals surface area (Å²) in [6, 6.07) is 0. The van der Waals surface area contributed by atoms with Crippen LogP contribution in [-0.4, -0.2) is 57.0 Å². The van der Waals surface area contributed by atoms with E-state index in [-0.39, 0.29) is 11.5 Å². The molecule has 98 valence electrons. The smallest absolute Gasteiger partial charge is 0.334 e. The number of ether oxygens (including phenoxy) is 1. The first-order valence-electron chi connectivity index (χ1n) is 5.72. The molecular formula is C11H19NO4S. The highest BCUT2D eigenvalue weighted by molar-refractivity contribution is 7.91. The average Bonchev–Trinajstić information content (AvgIpc) is 2.41. The molecule has 0 saturated carbocycles. The second-order valence-corrected chi connectivity index (χ2v) is 6.41. The summed E-state index contributed by atoms with van der Waals surface area (Å²) in [6.45, 7) is 7.25. The molecule has 0 aromatic carbocycles. The molecule has 0 radical (unpaired) electrons. The maximum absolute atomic E-state index is 11.4. The Kier molecular flexibility index (Phi) is 5.14. The Morgan fingerprint density at radius 1 is 1.35 bits per heavy atom. The highest BCUT2D eigenvalue weighted by atomic mass is 32.2. The van der Waals surface area contributed by atoms with Crippen molar-refractivity contribution in [2.24, 2.45) is 0 Å². The van der Waals surface area contributed by atoms with Crippen molar-refractivity contribution in [3.63, 3.8) is 0 Å². The predicted octanol–water partition coefficient (Wildman–Crippen LogP) is 0.226. The Morgan fingerprint density at radius 3 is 2.71 bits per heavy atom. The maximum atomic E-state index is 11.4. The molecule has 1 rings (SSSR count). The summed E-state index contributed by atoms with van der Waals surface area (Å²) >= 11 is 0. The maximum Gasteiger partial charge on any atom is 0.334 e. The van der Waals surface area contributed by atoms with Crippen LogP contribution in [0.4, 0.5) is 0 Å². The fourth-order valence-corrected chi connectivity index (χ4v) is 3.03. The van der Waals surface area contributed by atoms with Crippen LogP contribution >= 0.6 is 0 Å². The van der Waals surface area contributed by atoms with Crippen LogP contribution in [0.25, 0.3) is 0 Å². The number of hydrogen-bond acceptors (Lipinski definition) is 5. The summed E-state index contributed by atoms with van der Waals surface area (Å²) in [5.41, 5.74) is 0.381. The van der Waals surface area contributed by atoms with Crippen molar-refractivity contribution >= 4 is 15.8 Å². The zero-order valence-corrected chi connectivity index (χ0v) is 11.0. The van der Waals surface area contributed by atoms with E-state index < -0.39 is 15.8 Å². The van der Waals surface area contributed by atoms with Gasteiger partial charge in [-0.25, -0.2) is 13.2 Å². The van der Waals surface area contributed by atoms with Gasteiger partial charge in [0, 0.05) is 18.7 Å². The highest BCUT2D eigenvalue weighted by Gasteiger charge is 2.20. The van der Waals surface area contributed by atoms with E-state index in [9.17, 15) is 13.2 Å². The molecule has 0 amide bonds. The lowest BCUT2D eigenvalue weighted by molar-refractivity contribution is -0.138. The van der Waals surface area contributed by atoms with Crippen LogP contribution in [0.5, 0.6) is 0 Å². The first-order chi connectivity index (χ1) is 7.94. The molecule has 1 saturated heterocycles. The molecule has 1 fully saturated rings. The zero-order valence-electron chi connectivity index (χ0n) is 10.1. The van der Waals surface area contributed by atoms with Crippen LogP contribution in [0.15, 0.2) is 12.2 Å². The minimum atomic E-state index is -2.91. The number of rotatable bonds is 4. The van der Waals surface area contributed by atoms with E-state index in [1.165, 1.54) is 0 Å². The average molecular weight is 261 g/mol. The van der Waals surface area contributed by atoms with E-state index in [0.29, 0.717) is 38.2 Å². The predicted molar refractivity (Wildman–Crippen MR) is 65.5 cm³/mol. The van der Waals surface area contributed by atoms with Gasteiger partial charge >= 0.3 is 5.97 Å². The first kappa shape index (κ1) is 14.2. The second kappa shape index (κ2) is 6.16. The molecule has 0 aromatic heterocycles. The zero-order chi connectivity index (χ0) is 12.9. The largest absolute Gasteiger partial charge is 0.463 e. The molecule has 5 nitrogen and oxygen atoms in total. The summed E-state index contributed by atoms with van der Waals surface area (Å²) in [4.78, 5) is 13.3. The van der Waals surface area contributed by atoms with Gasteiger partial charge in [-0.1, -0.05) is 6.58 Å².